The Morgan fingerprint density at radius 2 is 2.15 bits per heavy atom. The van der Waals surface area contributed by atoms with Gasteiger partial charge >= 0.3 is 0 Å². The normalized spacial score (nSPS) is 19.6. The maximum absolute atomic E-state index is 12.9. The standard InChI is InChI=1S/C23H20BrCl2NO4S2/c1-29-19-8-13(7-17(24)21(19)31-12-14-4-5-15(25)10-18(14)26)9-20-22(28)27(23(32)33-20)11-16-3-2-6-30-16/h4-5,7-10,16H,2-3,6,11-12H2,1H3/b20-9-/t16-/m1/s1. The number of nitrogens with zero attached hydrogens (tertiary/aromatic N) is 1. The highest BCUT2D eigenvalue weighted by atomic mass is 79.9. The number of carbonyl (C=O) groups excluding carboxylic acids is 1. The summed E-state index contributed by atoms with van der Waals surface area (Å²) in [6, 6.07) is 8.94. The fourth-order valence-corrected chi connectivity index (χ4v) is 5.86. The number of thioether (sulfide) groups is 1. The van der Waals surface area contributed by atoms with Crippen LogP contribution in [-0.2, 0) is 16.1 Å². The molecule has 2 heterocycles. The zero-order valence-electron chi connectivity index (χ0n) is 17.6. The molecule has 4 rings (SSSR count). The zero-order valence-corrected chi connectivity index (χ0v) is 22.3. The summed E-state index contributed by atoms with van der Waals surface area (Å²) < 4.78 is 18.4. The lowest BCUT2D eigenvalue weighted by Crippen LogP contribution is -2.35. The van der Waals surface area contributed by atoms with Crippen molar-refractivity contribution >= 4 is 79.4 Å². The molecule has 0 aliphatic carbocycles. The minimum Gasteiger partial charge on any atom is -0.493 e. The van der Waals surface area contributed by atoms with E-state index in [1.807, 2.05) is 24.3 Å². The van der Waals surface area contributed by atoms with Crippen molar-refractivity contribution < 1.29 is 19.0 Å². The fourth-order valence-electron chi connectivity index (χ4n) is 3.55. The number of carbonyl (C=O) groups is 1. The lowest BCUT2D eigenvalue weighted by Gasteiger charge is -2.18. The van der Waals surface area contributed by atoms with Gasteiger partial charge in [0.25, 0.3) is 5.91 Å². The van der Waals surface area contributed by atoms with E-state index in [0.29, 0.717) is 41.8 Å². The molecule has 0 radical (unpaired) electrons. The molecule has 0 spiro atoms. The molecule has 0 aromatic heterocycles. The van der Waals surface area contributed by atoms with Crippen molar-refractivity contribution in [1.29, 1.82) is 0 Å². The molecule has 2 aliphatic heterocycles. The van der Waals surface area contributed by atoms with Crippen LogP contribution in [0.15, 0.2) is 39.7 Å². The number of methoxy groups -OCH3 is 1. The van der Waals surface area contributed by atoms with Crippen LogP contribution in [0.4, 0.5) is 0 Å². The van der Waals surface area contributed by atoms with Gasteiger partial charge in [-0.25, -0.2) is 0 Å². The summed E-state index contributed by atoms with van der Waals surface area (Å²) in [6.45, 7) is 1.48. The van der Waals surface area contributed by atoms with Crippen LogP contribution in [0.5, 0.6) is 11.5 Å². The third-order valence-electron chi connectivity index (χ3n) is 5.22. The topological polar surface area (TPSA) is 48.0 Å². The molecule has 174 valence electrons. The molecule has 2 aliphatic rings. The lowest BCUT2D eigenvalue weighted by molar-refractivity contribution is -0.123. The Morgan fingerprint density at radius 1 is 1.33 bits per heavy atom. The molecule has 33 heavy (non-hydrogen) atoms. The zero-order chi connectivity index (χ0) is 23.5. The molecule has 5 nitrogen and oxygen atoms in total. The highest BCUT2D eigenvalue weighted by Gasteiger charge is 2.34. The van der Waals surface area contributed by atoms with Gasteiger partial charge in [-0.15, -0.1) is 0 Å². The van der Waals surface area contributed by atoms with E-state index in [2.05, 4.69) is 15.9 Å². The molecule has 0 unspecified atom stereocenters. The van der Waals surface area contributed by atoms with Crippen molar-refractivity contribution in [3.05, 3.63) is 60.9 Å². The second-order valence-corrected chi connectivity index (χ2v) is 10.9. The fraction of sp³-hybridized carbons (Fsp3) is 0.304. The molecule has 2 saturated heterocycles. The SMILES string of the molecule is COc1cc(/C=C2\SC(=S)N(C[C@H]3CCCO3)C2=O)cc(Br)c1OCc1ccc(Cl)cc1Cl. The molecular formula is C23H20BrCl2NO4S2. The number of hydrogen-bond donors (Lipinski definition) is 0. The van der Waals surface area contributed by atoms with Gasteiger partial charge in [0.2, 0.25) is 0 Å². The van der Waals surface area contributed by atoms with Crippen LogP contribution in [0, 0.1) is 0 Å². The third-order valence-corrected chi connectivity index (χ3v) is 7.77. The molecule has 1 atom stereocenters. The summed E-state index contributed by atoms with van der Waals surface area (Å²) in [4.78, 5) is 15.1. The van der Waals surface area contributed by atoms with E-state index in [1.54, 1.807) is 24.1 Å². The van der Waals surface area contributed by atoms with Gasteiger partial charge in [-0.2, -0.15) is 0 Å². The van der Waals surface area contributed by atoms with E-state index in [9.17, 15) is 4.79 Å². The molecule has 1 amide bonds. The molecule has 2 aromatic rings. The molecule has 2 aromatic carbocycles. The Labute approximate surface area is 220 Å². The Balaban J connectivity index is 1.51. The van der Waals surface area contributed by atoms with Gasteiger partial charge in [-0.05, 0) is 64.7 Å². The molecule has 10 heteroatoms. The Hall–Kier alpha value is -1.29. The van der Waals surface area contributed by atoms with E-state index >= 15 is 0 Å². The smallest absolute Gasteiger partial charge is 0.266 e. The van der Waals surface area contributed by atoms with Gasteiger partial charge in [0.1, 0.15) is 10.9 Å². The molecule has 2 fully saturated rings. The van der Waals surface area contributed by atoms with Crippen molar-refractivity contribution in [2.75, 3.05) is 20.3 Å². The Kier molecular flexibility index (Phi) is 8.25. The second-order valence-electron chi connectivity index (χ2n) is 7.49. The van der Waals surface area contributed by atoms with Crippen molar-refractivity contribution in [3.63, 3.8) is 0 Å². The Bertz CT molecular complexity index is 1120. The Morgan fingerprint density at radius 3 is 2.85 bits per heavy atom. The van der Waals surface area contributed by atoms with Gasteiger partial charge in [-0.3, -0.25) is 9.69 Å². The first-order chi connectivity index (χ1) is 15.9. The summed E-state index contributed by atoms with van der Waals surface area (Å²) >= 11 is 22.5. The van der Waals surface area contributed by atoms with Crippen LogP contribution in [-0.4, -0.2) is 41.5 Å². The highest BCUT2D eigenvalue weighted by Crippen LogP contribution is 2.40. The van der Waals surface area contributed by atoms with Crippen molar-refractivity contribution in [3.8, 4) is 11.5 Å². The van der Waals surface area contributed by atoms with E-state index in [1.165, 1.54) is 11.8 Å². The number of benzene rings is 2. The predicted octanol–water partition coefficient (Wildman–Crippen LogP) is 6.72. The van der Waals surface area contributed by atoms with E-state index in [0.717, 1.165) is 30.6 Å². The number of ether oxygens (including phenoxy) is 3. The molecule has 0 saturated carbocycles. The summed E-state index contributed by atoms with van der Waals surface area (Å²) in [5.41, 5.74) is 1.59. The van der Waals surface area contributed by atoms with Crippen molar-refractivity contribution in [2.24, 2.45) is 0 Å². The lowest BCUT2D eigenvalue weighted by atomic mass is 10.1. The molecular weight excluding hydrogens is 569 g/mol. The highest BCUT2D eigenvalue weighted by molar-refractivity contribution is 9.10. The van der Waals surface area contributed by atoms with Crippen molar-refractivity contribution in [2.45, 2.75) is 25.6 Å². The summed E-state index contributed by atoms with van der Waals surface area (Å²) in [6.07, 6.45) is 3.82. The number of amides is 1. The van der Waals surface area contributed by atoms with Gasteiger partial charge in [0.15, 0.2) is 11.5 Å². The first-order valence-electron chi connectivity index (χ1n) is 10.2. The quantitative estimate of drug-likeness (QED) is 0.264. The molecule has 0 bridgehead atoms. The number of thiocarbonyl (C=S) groups is 1. The van der Waals surface area contributed by atoms with E-state index in [4.69, 9.17) is 49.6 Å². The van der Waals surface area contributed by atoms with E-state index < -0.39 is 0 Å². The first-order valence-corrected chi connectivity index (χ1v) is 12.9. The van der Waals surface area contributed by atoms with Crippen LogP contribution in [0.3, 0.4) is 0 Å². The largest absolute Gasteiger partial charge is 0.493 e. The average molecular weight is 589 g/mol. The number of rotatable bonds is 7. The number of hydrogen-bond acceptors (Lipinski definition) is 6. The molecule has 0 N–H and O–H groups in total. The third kappa shape index (κ3) is 5.86. The minimum atomic E-state index is -0.103. The minimum absolute atomic E-state index is 0.0478. The summed E-state index contributed by atoms with van der Waals surface area (Å²) in [5.74, 6) is 0.954. The second kappa shape index (κ2) is 11.0. The van der Waals surface area contributed by atoms with E-state index in [-0.39, 0.29) is 18.6 Å². The van der Waals surface area contributed by atoms with Gasteiger partial charge in [-0.1, -0.05) is 53.2 Å². The van der Waals surface area contributed by atoms with Crippen LogP contribution in [0.2, 0.25) is 10.0 Å². The van der Waals surface area contributed by atoms with Crippen molar-refractivity contribution in [1.82, 2.24) is 4.90 Å². The first kappa shape index (κ1) is 24.8. The van der Waals surface area contributed by atoms with Crippen LogP contribution in [0.1, 0.15) is 24.0 Å². The maximum Gasteiger partial charge on any atom is 0.266 e. The van der Waals surface area contributed by atoms with Crippen LogP contribution in [0.25, 0.3) is 6.08 Å². The van der Waals surface area contributed by atoms with Gasteiger partial charge < -0.3 is 14.2 Å². The summed E-state index contributed by atoms with van der Waals surface area (Å²) in [7, 11) is 1.56. The van der Waals surface area contributed by atoms with Gasteiger partial charge in [0, 0.05) is 22.2 Å². The maximum atomic E-state index is 12.9. The van der Waals surface area contributed by atoms with Crippen LogP contribution < -0.4 is 9.47 Å². The monoisotopic (exact) mass is 587 g/mol. The van der Waals surface area contributed by atoms with Gasteiger partial charge in [0.05, 0.1) is 29.1 Å². The average Bonchev–Trinajstić information content (AvgIpc) is 3.38. The predicted molar refractivity (Wildman–Crippen MR) is 140 cm³/mol. The summed E-state index contributed by atoms with van der Waals surface area (Å²) in [5, 5.41) is 1.09. The number of halogens is 3. The van der Waals surface area contributed by atoms with Crippen LogP contribution >= 0.6 is 63.1 Å².